The third kappa shape index (κ3) is 4.19. The fourth-order valence-corrected chi connectivity index (χ4v) is 3.65. The lowest BCUT2D eigenvalue weighted by Gasteiger charge is -2.16. The molecule has 0 spiro atoms. The monoisotopic (exact) mass is 418 g/mol. The number of thiocarbonyl (C=S) groups is 1. The highest BCUT2D eigenvalue weighted by Crippen LogP contribution is 2.31. The van der Waals surface area contributed by atoms with Crippen molar-refractivity contribution in [3.05, 3.63) is 75.1 Å². The summed E-state index contributed by atoms with van der Waals surface area (Å²) >= 11 is 12.2. The van der Waals surface area contributed by atoms with Gasteiger partial charge in [-0.25, -0.2) is 4.79 Å². The van der Waals surface area contributed by atoms with Gasteiger partial charge in [0.05, 0.1) is 21.1 Å². The number of nitrogens with one attached hydrogen (secondary N) is 1. The van der Waals surface area contributed by atoms with Gasteiger partial charge in [0.2, 0.25) is 0 Å². The maximum Gasteiger partial charge on any atom is 0.335 e. The molecule has 3 rings (SSSR count). The molecule has 2 aromatic carbocycles. The first-order chi connectivity index (χ1) is 12.9. The topological polar surface area (TPSA) is 86.7 Å². The van der Waals surface area contributed by atoms with Crippen LogP contribution in [0.15, 0.2) is 53.4 Å². The normalized spacial score (nSPS) is 15.3. The van der Waals surface area contributed by atoms with Crippen molar-refractivity contribution in [2.24, 2.45) is 0 Å². The number of carboxylic acid groups (broad SMARTS) is 1. The average molecular weight is 419 g/mol. The molecule has 2 amide bonds. The van der Waals surface area contributed by atoms with E-state index in [1.54, 1.807) is 36.4 Å². The van der Waals surface area contributed by atoms with Crippen LogP contribution < -0.4 is 5.43 Å². The number of aromatic carboxylic acids is 1. The first-order valence-corrected chi connectivity index (χ1v) is 9.14. The number of carbonyl (C=O) groups is 3. The van der Waals surface area contributed by atoms with Crippen molar-refractivity contribution < 1.29 is 19.5 Å². The molecule has 1 heterocycles. The maximum atomic E-state index is 12.6. The lowest BCUT2D eigenvalue weighted by atomic mass is 10.1. The second-order valence-corrected chi connectivity index (χ2v) is 7.45. The van der Waals surface area contributed by atoms with Crippen LogP contribution in [0.5, 0.6) is 0 Å². The largest absolute Gasteiger partial charge is 0.478 e. The van der Waals surface area contributed by atoms with Gasteiger partial charge in [-0.3, -0.25) is 15.0 Å². The summed E-state index contributed by atoms with van der Waals surface area (Å²) in [4.78, 5) is 36.1. The lowest BCUT2D eigenvalue weighted by molar-refractivity contribution is -0.123. The van der Waals surface area contributed by atoms with Gasteiger partial charge in [-0.15, -0.1) is 0 Å². The van der Waals surface area contributed by atoms with Crippen LogP contribution in [0.25, 0.3) is 6.08 Å². The third-order valence-electron chi connectivity index (χ3n) is 3.58. The molecule has 0 bridgehead atoms. The van der Waals surface area contributed by atoms with Crippen molar-refractivity contribution in [3.63, 3.8) is 0 Å². The summed E-state index contributed by atoms with van der Waals surface area (Å²) in [5, 5.41) is 10.2. The standard InChI is InChI=1S/C18H11ClN2O4S2/c19-13-4-2-1-3-12(13)15(22)20-21-16(23)14(27-18(21)26)9-10-5-7-11(8-6-10)17(24)25/h1-9H,(H,20,22)(H,24,25)/b14-9-. The molecule has 2 aromatic rings. The zero-order valence-electron chi connectivity index (χ0n) is 13.5. The minimum Gasteiger partial charge on any atom is -0.478 e. The summed E-state index contributed by atoms with van der Waals surface area (Å²) in [5.74, 6) is -2.06. The predicted molar refractivity (Wildman–Crippen MR) is 107 cm³/mol. The van der Waals surface area contributed by atoms with Gasteiger partial charge in [0.25, 0.3) is 11.8 Å². The minimum atomic E-state index is -1.03. The van der Waals surface area contributed by atoms with Gasteiger partial charge in [-0.1, -0.05) is 47.6 Å². The second kappa shape index (κ2) is 7.91. The van der Waals surface area contributed by atoms with Crippen molar-refractivity contribution in [3.8, 4) is 0 Å². The molecule has 0 radical (unpaired) electrons. The molecule has 6 nitrogen and oxygen atoms in total. The number of benzene rings is 2. The number of thioether (sulfide) groups is 1. The number of hydrogen-bond donors (Lipinski definition) is 2. The second-order valence-electron chi connectivity index (χ2n) is 5.37. The van der Waals surface area contributed by atoms with Crippen LogP contribution in [0.3, 0.4) is 0 Å². The van der Waals surface area contributed by atoms with Crippen molar-refractivity contribution >= 4 is 63.8 Å². The van der Waals surface area contributed by atoms with Crippen LogP contribution in [0, 0.1) is 0 Å². The summed E-state index contributed by atoms with van der Waals surface area (Å²) in [6, 6.07) is 12.5. The SMILES string of the molecule is O=C(O)c1ccc(/C=C2\SC(=S)N(NC(=O)c3ccccc3Cl)C2=O)cc1. The van der Waals surface area contributed by atoms with E-state index >= 15 is 0 Å². The van der Waals surface area contributed by atoms with Gasteiger partial charge < -0.3 is 5.11 Å². The summed E-state index contributed by atoms with van der Waals surface area (Å²) < 4.78 is 0.175. The van der Waals surface area contributed by atoms with Gasteiger partial charge in [0.15, 0.2) is 4.32 Å². The predicted octanol–water partition coefficient (Wildman–Crippen LogP) is 3.58. The van der Waals surface area contributed by atoms with Crippen LogP contribution in [0.1, 0.15) is 26.3 Å². The van der Waals surface area contributed by atoms with Gasteiger partial charge in [-0.2, -0.15) is 5.01 Å². The van der Waals surface area contributed by atoms with E-state index in [4.69, 9.17) is 28.9 Å². The molecule has 0 unspecified atom stereocenters. The van der Waals surface area contributed by atoms with E-state index in [9.17, 15) is 14.4 Å². The van der Waals surface area contributed by atoms with Crippen LogP contribution in [-0.2, 0) is 4.79 Å². The Morgan fingerprint density at radius 3 is 2.44 bits per heavy atom. The Labute approximate surface area is 168 Å². The number of halogens is 1. The molecule has 0 saturated carbocycles. The Hall–Kier alpha value is -2.68. The number of rotatable bonds is 4. The Bertz CT molecular complexity index is 989. The zero-order chi connectivity index (χ0) is 19.6. The summed E-state index contributed by atoms with van der Waals surface area (Å²) in [5.41, 5.74) is 3.46. The van der Waals surface area contributed by atoms with Crippen LogP contribution in [-0.4, -0.2) is 32.2 Å². The van der Waals surface area contributed by atoms with Crippen molar-refractivity contribution in [1.29, 1.82) is 0 Å². The van der Waals surface area contributed by atoms with E-state index in [0.717, 1.165) is 16.8 Å². The van der Waals surface area contributed by atoms with Gasteiger partial charge in [-0.05, 0) is 48.1 Å². The molecule has 9 heteroatoms. The van der Waals surface area contributed by atoms with Gasteiger partial charge in [0, 0.05) is 0 Å². The number of nitrogens with zero attached hydrogens (tertiary/aromatic N) is 1. The molecule has 1 aliphatic heterocycles. The van der Waals surface area contributed by atoms with Crippen LogP contribution in [0.4, 0.5) is 0 Å². The van der Waals surface area contributed by atoms with Crippen molar-refractivity contribution in [2.75, 3.05) is 0 Å². The van der Waals surface area contributed by atoms with Crippen molar-refractivity contribution in [2.45, 2.75) is 0 Å². The van der Waals surface area contributed by atoms with E-state index in [1.165, 1.54) is 18.2 Å². The minimum absolute atomic E-state index is 0.145. The molecule has 0 atom stereocenters. The Balaban J connectivity index is 1.77. The summed E-state index contributed by atoms with van der Waals surface area (Å²) in [6.07, 6.45) is 1.58. The fraction of sp³-hybridized carbons (Fsp3) is 0. The molecule has 1 aliphatic rings. The fourth-order valence-electron chi connectivity index (χ4n) is 2.24. The average Bonchev–Trinajstić information content (AvgIpc) is 2.90. The van der Waals surface area contributed by atoms with E-state index in [-0.39, 0.29) is 20.5 Å². The molecule has 27 heavy (non-hydrogen) atoms. The highest BCUT2D eigenvalue weighted by atomic mass is 35.5. The third-order valence-corrected chi connectivity index (χ3v) is 5.21. The molecule has 0 aliphatic carbocycles. The molecule has 1 saturated heterocycles. The van der Waals surface area contributed by atoms with Crippen molar-refractivity contribution in [1.82, 2.24) is 10.4 Å². The van der Waals surface area contributed by atoms with Crippen LogP contribution in [0.2, 0.25) is 5.02 Å². The number of hydrogen-bond acceptors (Lipinski definition) is 5. The molecule has 1 fully saturated rings. The molecular weight excluding hydrogens is 408 g/mol. The molecule has 0 aromatic heterocycles. The van der Waals surface area contributed by atoms with E-state index < -0.39 is 17.8 Å². The number of carbonyl (C=O) groups excluding carboxylic acids is 2. The zero-order valence-corrected chi connectivity index (χ0v) is 15.9. The van der Waals surface area contributed by atoms with E-state index in [1.807, 2.05) is 0 Å². The highest BCUT2D eigenvalue weighted by molar-refractivity contribution is 8.26. The van der Waals surface area contributed by atoms with E-state index in [2.05, 4.69) is 5.43 Å². The van der Waals surface area contributed by atoms with E-state index in [0.29, 0.717) is 10.5 Å². The molecule has 2 N–H and O–H groups in total. The smallest absolute Gasteiger partial charge is 0.335 e. The Morgan fingerprint density at radius 2 is 1.81 bits per heavy atom. The first-order valence-electron chi connectivity index (χ1n) is 7.53. The lowest BCUT2D eigenvalue weighted by Crippen LogP contribution is -2.44. The summed E-state index contributed by atoms with van der Waals surface area (Å²) in [7, 11) is 0. The van der Waals surface area contributed by atoms with Gasteiger partial charge >= 0.3 is 5.97 Å². The maximum absolute atomic E-state index is 12.6. The first kappa shape index (κ1) is 19.1. The number of hydrazine groups is 1. The van der Waals surface area contributed by atoms with Gasteiger partial charge in [0.1, 0.15) is 0 Å². The summed E-state index contributed by atoms with van der Waals surface area (Å²) in [6.45, 7) is 0. The quantitative estimate of drug-likeness (QED) is 0.583. The molecular formula is C18H11ClN2O4S2. The Kier molecular flexibility index (Phi) is 5.59. The van der Waals surface area contributed by atoms with Crippen LogP contribution >= 0.6 is 35.6 Å². The highest BCUT2D eigenvalue weighted by Gasteiger charge is 2.34. The number of carboxylic acids is 1. The number of amides is 2. The molecule has 136 valence electrons. The Morgan fingerprint density at radius 1 is 1.15 bits per heavy atom.